The van der Waals surface area contributed by atoms with Crippen LogP contribution in [0.4, 0.5) is 0 Å². The number of halogens is 1. The summed E-state index contributed by atoms with van der Waals surface area (Å²) in [5, 5.41) is 9.45. The van der Waals surface area contributed by atoms with Gasteiger partial charge in [0, 0.05) is 23.0 Å². The van der Waals surface area contributed by atoms with E-state index in [2.05, 4.69) is 4.98 Å². The molecule has 2 rings (SSSR count). The highest BCUT2D eigenvalue weighted by Gasteiger charge is 2.05. The summed E-state index contributed by atoms with van der Waals surface area (Å²) in [6, 6.07) is 8.77. The van der Waals surface area contributed by atoms with Crippen LogP contribution in [-0.2, 0) is 0 Å². The number of hydrogen-bond donors (Lipinski definition) is 1. The summed E-state index contributed by atoms with van der Waals surface area (Å²) < 4.78 is 0. The van der Waals surface area contributed by atoms with Gasteiger partial charge in [-0.15, -0.1) is 0 Å². The average Bonchev–Trinajstić information content (AvgIpc) is 2.29. The SMILES string of the molecule is O=C(O)c1cncc(-c2cccc(Cl)c2)c1. The number of rotatable bonds is 2. The summed E-state index contributed by atoms with van der Waals surface area (Å²) in [5.74, 6) is -0.989. The molecule has 0 unspecified atom stereocenters. The lowest BCUT2D eigenvalue weighted by Gasteiger charge is -2.02. The minimum Gasteiger partial charge on any atom is -0.478 e. The molecule has 0 radical (unpaired) electrons. The van der Waals surface area contributed by atoms with Crippen molar-refractivity contribution in [1.29, 1.82) is 0 Å². The molecule has 0 aliphatic rings. The predicted molar refractivity (Wildman–Crippen MR) is 61.6 cm³/mol. The molecule has 1 aromatic heterocycles. The van der Waals surface area contributed by atoms with Crippen LogP contribution in [0.5, 0.6) is 0 Å². The van der Waals surface area contributed by atoms with Crippen LogP contribution >= 0.6 is 11.6 Å². The second-order valence-corrected chi connectivity index (χ2v) is 3.71. The van der Waals surface area contributed by atoms with Crippen molar-refractivity contribution in [3.8, 4) is 11.1 Å². The highest BCUT2D eigenvalue weighted by Crippen LogP contribution is 2.22. The normalized spacial score (nSPS) is 10.1. The van der Waals surface area contributed by atoms with Crippen molar-refractivity contribution in [3.05, 3.63) is 53.3 Å². The van der Waals surface area contributed by atoms with E-state index in [1.807, 2.05) is 12.1 Å². The maximum absolute atomic E-state index is 10.8. The van der Waals surface area contributed by atoms with E-state index in [9.17, 15) is 4.79 Å². The Labute approximate surface area is 97.3 Å². The van der Waals surface area contributed by atoms with E-state index in [0.29, 0.717) is 5.02 Å². The van der Waals surface area contributed by atoms with Gasteiger partial charge in [-0.3, -0.25) is 4.98 Å². The molecule has 3 nitrogen and oxygen atoms in total. The Hall–Kier alpha value is -1.87. The number of nitrogens with zero attached hydrogens (tertiary/aromatic N) is 1. The zero-order chi connectivity index (χ0) is 11.5. The van der Waals surface area contributed by atoms with Gasteiger partial charge < -0.3 is 5.11 Å². The third-order valence-electron chi connectivity index (χ3n) is 2.14. The van der Waals surface area contributed by atoms with Gasteiger partial charge in [0.1, 0.15) is 0 Å². The molecule has 0 saturated carbocycles. The monoisotopic (exact) mass is 233 g/mol. The minimum atomic E-state index is -0.989. The molecule has 0 saturated heterocycles. The van der Waals surface area contributed by atoms with E-state index in [1.54, 1.807) is 24.4 Å². The quantitative estimate of drug-likeness (QED) is 0.867. The van der Waals surface area contributed by atoms with E-state index < -0.39 is 5.97 Å². The Bertz CT molecular complexity index is 540. The first-order valence-corrected chi connectivity index (χ1v) is 4.99. The number of carbonyl (C=O) groups is 1. The Morgan fingerprint density at radius 3 is 2.69 bits per heavy atom. The third kappa shape index (κ3) is 2.20. The molecule has 0 bridgehead atoms. The summed E-state index contributed by atoms with van der Waals surface area (Å²) in [5.41, 5.74) is 1.75. The molecular formula is C12H8ClNO2. The van der Waals surface area contributed by atoms with Gasteiger partial charge in [0.05, 0.1) is 5.56 Å². The number of carboxylic acids is 1. The average molecular weight is 234 g/mol. The zero-order valence-electron chi connectivity index (χ0n) is 8.22. The van der Waals surface area contributed by atoms with E-state index in [-0.39, 0.29) is 5.56 Å². The van der Waals surface area contributed by atoms with Gasteiger partial charge in [-0.25, -0.2) is 4.79 Å². The fourth-order valence-corrected chi connectivity index (χ4v) is 1.57. The molecule has 16 heavy (non-hydrogen) atoms. The Balaban J connectivity index is 2.48. The molecule has 4 heteroatoms. The first-order valence-electron chi connectivity index (χ1n) is 4.61. The van der Waals surface area contributed by atoms with Gasteiger partial charge in [-0.2, -0.15) is 0 Å². The lowest BCUT2D eigenvalue weighted by atomic mass is 10.1. The summed E-state index contributed by atoms with van der Waals surface area (Å²) in [4.78, 5) is 14.7. The number of hydrogen-bond acceptors (Lipinski definition) is 2. The number of aromatic carboxylic acids is 1. The molecule has 0 amide bonds. The van der Waals surface area contributed by atoms with Crippen LogP contribution in [0.2, 0.25) is 5.02 Å². The van der Waals surface area contributed by atoms with E-state index in [1.165, 1.54) is 6.20 Å². The summed E-state index contributed by atoms with van der Waals surface area (Å²) in [6.45, 7) is 0. The van der Waals surface area contributed by atoms with Crippen molar-refractivity contribution in [2.24, 2.45) is 0 Å². The summed E-state index contributed by atoms with van der Waals surface area (Å²) in [6.07, 6.45) is 2.93. The number of benzene rings is 1. The van der Waals surface area contributed by atoms with Crippen molar-refractivity contribution in [2.45, 2.75) is 0 Å². The molecule has 1 aromatic carbocycles. The predicted octanol–water partition coefficient (Wildman–Crippen LogP) is 3.10. The van der Waals surface area contributed by atoms with Crippen molar-refractivity contribution in [3.63, 3.8) is 0 Å². The van der Waals surface area contributed by atoms with Gasteiger partial charge >= 0.3 is 5.97 Å². The summed E-state index contributed by atoms with van der Waals surface area (Å²) in [7, 11) is 0. The zero-order valence-corrected chi connectivity index (χ0v) is 8.98. The molecule has 0 fully saturated rings. The van der Waals surface area contributed by atoms with Gasteiger partial charge in [0.2, 0.25) is 0 Å². The maximum Gasteiger partial charge on any atom is 0.337 e. The molecule has 1 N–H and O–H groups in total. The number of pyridine rings is 1. The van der Waals surface area contributed by atoms with E-state index >= 15 is 0 Å². The van der Waals surface area contributed by atoms with Crippen LogP contribution in [-0.4, -0.2) is 16.1 Å². The topological polar surface area (TPSA) is 50.2 Å². The van der Waals surface area contributed by atoms with Gasteiger partial charge in [-0.1, -0.05) is 23.7 Å². The molecule has 2 aromatic rings. The van der Waals surface area contributed by atoms with Crippen LogP contribution < -0.4 is 0 Å². The summed E-state index contributed by atoms with van der Waals surface area (Å²) >= 11 is 5.86. The number of carboxylic acid groups (broad SMARTS) is 1. The van der Waals surface area contributed by atoms with E-state index in [0.717, 1.165) is 11.1 Å². The third-order valence-corrected chi connectivity index (χ3v) is 2.38. The minimum absolute atomic E-state index is 0.164. The van der Waals surface area contributed by atoms with Crippen molar-refractivity contribution in [1.82, 2.24) is 4.98 Å². The fourth-order valence-electron chi connectivity index (χ4n) is 1.38. The van der Waals surface area contributed by atoms with Crippen LogP contribution in [0.25, 0.3) is 11.1 Å². The number of aromatic nitrogens is 1. The first kappa shape index (κ1) is 10.6. The molecule has 1 heterocycles. The highest BCUT2D eigenvalue weighted by atomic mass is 35.5. The van der Waals surface area contributed by atoms with Crippen molar-refractivity contribution < 1.29 is 9.90 Å². The second kappa shape index (κ2) is 4.33. The van der Waals surface area contributed by atoms with Crippen molar-refractivity contribution in [2.75, 3.05) is 0 Å². The highest BCUT2D eigenvalue weighted by molar-refractivity contribution is 6.30. The Morgan fingerprint density at radius 1 is 1.19 bits per heavy atom. The van der Waals surface area contributed by atoms with E-state index in [4.69, 9.17) is 16.7 Å². The van der Waals surface area contributed by atoms with Gasteiger partial charge in [-0.05, 0) is 23.8 Å². The van der Waals surface area contributed by atoms with Gasteiger partial charge in [0.15, 0.2) is 0 Å². The molecular weight excluding hydrogens is 226 g/mol. The van der Waals surface area contributed by atoms with Crippen LogP contribution in [0.1, 0.15) is 10.4 Å². The molecule has 80 valence electrons. The Morgan fingerprint density at radius 2 is 2.00 bits per heavy atom. The molecule has 0 aliphatic heterocycles. The maximum atomic E-state index is 10.8. The van der Waals surface area contributed by atoms with Crippen LogP contribution in [0.3, 0.4) is 0 Å². The van der Waals surface area contributed by atoms with Crippen LogP contribution in [0, 0.1) is 0 Å². The van der Waals surface area contributed by atoms with Crippen LogP contribution in [0.15, 0.2) is 42.7 Å². The van der Waals surface area contributed by atoms with Crippen molar-refractivity contribution >= 4 is 17.6 Å². The fraction of sp³-hybridized carbons (Fsp3) is 0. The lowest BCUT2D eigenvalue weighted by molar-refractivity contribution is 0.0696. The molecule has 0 atom stereocenters. The Kier molecular flexibility index (Phi) is 2.88. The van der Waals surface area contributed by atoms with Gasteiger partial charge in [0.25, 0.3) is 0 Å². The first-order chi connectivity index (χ1) is 7.66. The standard InChI is InChI=1S/C12H8ClNO2/c13-11-3-1-2-8(5-11)9-4-10(12(15)16)7-14-6-9/h1-7H,(H,15,16). The largest absolute Gasteiger partial charge is 0.478 e. The lowest BCUT2D eigenvalue weighted by Crippen LogP contribution is -1.97. The smallest absolute Gasteiger partial charge is 0.337 e. The molecule has 0 spiro atoms. The second-order valence-electron chi connectivity index (χ2n) is 3.28. The molecule has 0 aliphatic carbocycles.